The molecular formula is C24H24FNO3. The van der Waals surface area contributed by atoms with Crippen LogP contribution in [0.4, 0.5) is 4.39 Å². The lowest BCUT2D eigenvalue weighted by Crippen LogP contribution is -2.20. The maximum Gasteiger partial charge on any atom is 0.244 e. The quantitative estimate of drug-likeness (QED) is 0.608. The standard InChI is InChI=1S/C24H24FNO3/c1-15(11-24(27)26-14-16-7-9-17(25)10-8-16)19-12-20-18-5-3-4-6-21(18)29-23(20)13-22(19)28-2/h7-13H,3-6,14H2,1-2H3,(H,26,27)/b15-11+. The summed E-state index contributed by atoms with van der Waals surface area (Å²) in [6.07, 6.45) is 5.89. The van der Waals surface area contributed by atoms with E-state index in [2.05, 4.69) is 11.4 Å². The van der Waals surface area contributed by atoms with Crippen molar-refractivity contribution in [2.45, 2.75) is 39.2 Å². The third-order valence-electron chi connectivity index (χ3n) is 5.43. The van der Waals surface area contributed by atoms with Crippen molar-refractivity contribution in [1.29, 1.82) is 0 Å². The second-order valence-electron chi connectivity index (χ2n) is 7.43. The first-order valence-corrected chi connectivity index (χ1v) is 9.88. The number of fused-ring (bicyclic) bond motifs is 3. The number of halogens is 1. The van der Waals surface area contributed by atoms with Gasteiger partial charge < -0.3 is 14.5 Å². The molecule has 1 amide bonds. The Balaban J connectivity index is 1.58. The van der Waals surface area contributed by atoms with E-state index in [4.69, 9.17) is 9.15 Å². The Bertz CT molecular complexity index is 1080. The molecule has 150 valence electrons. The second kappa shape index (κ2) is 8.11. The number of methoxy groups -OCH3 is 1. The number of furan rings is 1. The van der Waals surface area contributed by atoms with E-state index in [0.717, 1.165) is 52.7 Å². The van der Waals surface area contributed by atoms with E-state index in [1.54, 1.807) is 25.3 Å². The van der Waals surface area contributed by atoms with Gasteiger partial charge in [-0.25, -0.2) is 4.39 Å². The Morgan fingerprint density at radius 2 is 1.97 bits per heavy atom. The number of hydrogen-bond donors (Lipinski definition) is 1. The maximum absolute atomic E-state index is 13.0. The molecule has 0 fully saturated rings. The maximum atomic E-state index is 13.0. The normalized spacial score (nSPS) is 14.0. The summed E-state index contributed by atoms with van der Waals surface area (Å²) in [4.78, 5) is 12.4. The average molecular weight is 393 g/mol. The smallest absolute Gasteiger partial charge is 0.244 e. The number of benzene rings is 2. The lowest BCUT2D eigenvalue weighted by molar-refractivity contribution is -0.116. The molecule has 0 atom stereocenters. The molecule has 0 aliphatic heterocycles. The summed E-state index contributed by atoms with van der Waals surface area (Å²) in [5, 5.41) is 3.95. The average Bonchev–Trinajstić information content (AvgIpc) is 3.09. The number of ether oxygens (including phenoxy) is 1. The van der Waals surface area contributed by atoms with Crippen LogP contribution in [0, 0.1) is 5.82 Å². The minimum Gasteiger partial charge on any atom is -0.496 e. The van der Waals surface area contributed by atoms with Gasteiger partial charge in [0.2, 0.25) is 5.91 Å². The summed E-state index contributed by atoms with van der Waals surface area (Å²) >= 11 is 0. The van der Waals surface area contributed by atoms with Crippen LogP contribution in [-0.2, 0) is 24.2 Å². The van der Waals surface area contributed by atoms with Gasteiger partial charge in [-0.05, 0) is 55.5 Å². The number of rotatable bonds is 5. The zero-order valence-electron chi connectivity index (χ0n) is 16.7. The molecule has 0 saturated carbocycles. The van der Waals surface area contributed by atoms with E-state index in [1.165, 1.54) is 24.1 Å². The lowest BCUT2D eigenvalue weighted by Gasteiger charge is -2.11. The second-order valence-corrected chi connectivity index (χ2v) is 7.43. The number of amides is 1. The third kappa shape index (κ3) is 4.04. The predicted molar refractivity (Wildman–Crippen MR) is 111 cm³/mol. The predicted octanol–water partition coefficient (Wildman–Crippen LogP) is 5.18. The molecule has 1 heterocycles. The molecule has 5 heteroatoms. The first-order chi connectivity index (χ1) is 14.0. The molecule has 4 nitrogen and oxygen atoms in total. The number of hydrogen-bond acceptors (Lipinski definition) is 3. The summed E-state index contributed by atoms with van der Waals surface area (Å²) in [7, 11) is 1.62. The van der Waals surface area contributed by atoms with Crippen LogP contribution in [0.1, 0.15) is 42.2 Å². The molecule has 4 rings (SSSR count). The van der Waals surface area contributed by atoms with E-state index < -0.39 is 0 Å². The largest absolute Gasteiger partial charge is 0.496 e. The molecule has 0 spiro atoms. The molecule has 1 aliphatic rings. The van der Waals surface area contributed by atoms with Crippen molar-refractivity contribution >= 4 is 22.4 Å². The van der Waals surface area contributed by atoms with Crippen LogP contribution in [0.15, 0.2) is 46.9 Å². The van der Waals surface area contributed by atoms with Crippen molar-refractivity contribution in [2.24, 2.45) is 0 Å². The summed E-state index contributed by atoms with van der Waals surface area (Å²) in [6, 6.07) is 10.1. The fraction of sp³-hybridized carbons (Fsp3) is 0.292. The van der Waals surface area contributed by atoms with E-state index in [9.17, 15) is 9.18 Å². The van der Waals surface area contributed by atoms with Crippen LogP contribution in [0.2, 0.25) is 0 Å². The zero-order chi connectivity index (χ0) is 20.4. The summed E-state index contributed by atoms with van der Waals surface area (Å²) in [5.41, 5.74) is 4.65. The molecule has 1 N–H and O–H groups in total. The van der Waals surface area contributed by atoms with Crippen molar-refractivity contribution in [1.82, 2.24) is 5.32 Å². The van der Waals surface area contributed by atoms with Crippen molar-refractivity contribution in [3.8, 4) is 5.75 Å². The first-order valence-electron chi connectivity index (χ1n) is 9.88. The van der Waals surface area contributed by atoms with Crippen molar-refractivity contribution in [3.63, 3.8) is 0 Å². The van der Waals surface area contributed by atoms with Crippen LogP contribution >= 0.6 is 0 Å². The van der Waals surface area contributed by atoms with Gasteiger partial charge in [-0.15, -0.1) is 0 Å². The van der Waals surface area contributed by atoms with E-state index in [1.807, 2.05) is 13.0 Å². The highest BCUT2D eigenvalue weighted by Gasteiger charge is 2.20. The third-order valence-corrected chi connectivity index (χ3v) is 5.43. The van der Waals surface area contributed by atoms with Crippen LogP contribution in [0.5, 0.6) is 5.75 Å². The summed E-state index contributed by atoms with van der Waals surface area (Å²) < 4.78 is 24.6. The Kier molecular flexibility index (Phi) is 5.38. The van der Waals surface area contributed by atoms with E-state index in [-0.39, 0.29) is 11.7 Å². The molecule has 0 radical (unpaired) electrons. The molecule has 0 saturated heterocycles. The number of aryl methyl sites for hydroxylation is 2. The van der Waals surface area contributed by atoms with Crippen LogP contribution < -0.4 is 10.1 Å². The van der Waals surface area contributed by atoms with Gasteiger partial charge in [-0.3, -0.25) is 4.79 Å². The highest BCUT2D eigenvalue weighted by molar-refractivity contribution is 5.97. The van der Waals surface area contributed by atoms with Gasteiger partial charge >= 0.3 is 0 Å². The van der Waals surface area contributed by atoms with Crippen molar-refractivity contribution < 1.29 is 18.3 Å². The molecule has 0 unspecified atom stereocenters. The fourth-order valence-corrected chi connectivity index (χ4v) is 3.88. The monoisotopic (exact) mass is 393 g/mol. The van der Waals surface area contributed by atoms with Gasteiger partial charge in [0.05, 0.1) is 7.11 Å². The number of allylic oxidation sites excluding steroid dienone is 1. The molecule has 3 aromatic rings. The van der Waals surface area contributed by atoms with Crippen LogP contribution in [0.25, 0.3) is 16.5 Å². The summed E-state index contributed by atoms with van der Waals surface area (Å²) in [6.45, 7) is 2.24. The Labute approximate surface area is 169 Å². The van der Waals surface area contributed by atoms with Crippen molar-refractivity contribution in [3.05, 3.63) is 70.7 Å². The fourth-order valence-electron chi connectivity index (χ4n) is 3.88. The topological polar surface area (TPSA) is 51.5 Å². The number of carbonyl (C=O) groups is 1. The summed E-state index contributed by atoms with van der Waals surface area (Å²) in [5.74, 6) is 1.26. The van der Waals surface area contributed by atoms with Crippen molar-refractivity contribution in [2.75, 3.05) is 7.11 Å². The van der Waals surface area contributed by atoms with E-state index >= 15 is 0 Å². The molecule has 2 aromatic carbocycles. The Hall–Kier alpha value is -3.08. The zero-order valence-corrected chi connectivity index (χ0v) is 16.7. The van der Waals surface area contributed by atoms with Gasteiger partial charge in [-0.2, -0.15) is 0 Å². The van der Waals surface area contributed by atoms with E-state index in [0.29, 0.717) is 12.3 Å². The Morgan fingerprint density at radius 3 is 2.72 bits per heavy atom. The minimum atomic E-state index is -0.292. The Morgan fingerprint density at radius 1 is 1.21 bits per heavy atom. The SMILES string of the molecule is COc1cc2oc3c(c2cc1/C(C)=C/C(=O)NCc1ccc(F)cc1)CCCC3. The highest BCUT2D eigenvalue weighted by atomic mass is 19.1. The van der Waals surface area contributed by atoms with Gasteiger partial charge in [0.25, 0.3) is 0 Å². The molecule has 29 heavy (non-hydrogen) atoms. The van der Waals surface area contributed by atoms with Gasteiger partial charge in [0.15, 0.2) is 0 Å². The number of carbonyl (C=O) groups excluding carboxylic acids is 1. The molecule has 1 aliphatic carbocycles. The minimum absolute atomic E-state index is 0.205. The van der Waals surface area contributed by atoms with Crippen LogP contribution in [-0.4, -0.2) is 13.0 Å². The van der Waals surface area contributed by atoms with Crippen LogP contribution in [0.3, 0.4) is 0 Å². The van der Waals surface area contributed by atoms with Gasteiger partial charge in [-0.1, -0.05) is 12.1 Å². The molecule has 0 bridgehead atoms. The molecule has 1 aromatic heterocycles. The van der Waals surface area contributed by atoms with Gasteiger partial charge in [0.1, 0.15) is 22.9 Å². The molecular weight excluding hydrogens is 369 g/mol. The number of nitrogens with one attached hydrogen (secondary N) is 1. The first kappa shape index (κ1) is 19.2. The lowest BCUT2D eigenvalue weighted by atomic mass is 9.94. The highest BCUT2D eigenvalue weighted by Crippen LogP contribution is 2.37. The van der Waals surface area contributed by atoms with Gasteiger partial charge in [0, 0.05) is 41.6 Å².